The second-order valence-corrected chi connectivity index (χ2v) is 9.56. The average molecular weight is 544 g/mol. The smallest absolute Gasteiger partial charge is 0.247 e. The fourth-order valence-corrected chi connectivity index (χ4v) is 5.40. The summed E-state index contributed by atoms with van der Waals surface area (Å²) in [6.45, 7) is 0. The topological polar surface area (TPSA) is 132 Å². The Labute approximate surface area is 218 Å². The SMILES string of the molecule is Nc1cc(-c2nc([C@@H]3CCC4CC(c5c(-n6cnnn6)ccc(Cl)c5F)=CC(=O)N43)[nH]c2F)c(Cl)cn1. The van der Waals surface area contributed by atoms with E-state index in [1.807, 2.05) is 0 Å². The zero-order valence-electron chi connectivity index (χ0n) is 18.9. The summed E-state index contributed by atoms with van der Waals surface area (Å²) in [5.41, 5.74) is 7.02. The predicted octanol–water partition coefficient (Wildman–Crippen LogP) is 4.13. The van der Waals surface area contributed by atoms with Crippen molar-refractivity contribution in [2.45, 2.75) is 31.3 Å². The molecular formula is C23H17Cl2F2N9O. The normalized spacial score (nSPS) is 19.3. The third-order valence-corrected chi connectivity index (χ3v) is 7.22. The molecule has 0 saturated carbocycles. The molecule has 5 heterocycles. The van der Waals surface area contributed by atoms with Crippen molar-refractivity contribution in [2.24, 2.45) is 0 Å². The number of nitrogens with one attached hydrogen (secondary N) is 1. The molecule has 0 bridgehead atoms. The van der Waals surface area contributed by atoms with Crippen LogP contribution in [0.3, 0.4) is 0 Å². The van der Waals surface area contributed by atoms with Crippen LogP contribution in [-0.4, -0.2) is 52.0 Å². The van der Waals surface area contributed by atoms with Gasteiger partial charge in [-0.3, -0.25) is 4.79 Å². The van der Waals surface area contributed by atoms with Gasteiger partial charge in [0.25, 0.3) is 0 Å². The second kappa shape index (κ2) is 8.89. The molecule has 10 nitrogen and oxygen atoms in total. The number of tetrazole rings is 1. The molecule has 1 unspecified atom stereocenters. The summed E-state index contributed by atoms with van der Waals surface area (Å²) in [6, 6.07) is 3.68. The number of carbonyl (C=O) groups excluding carboxylic acids is 1. The number of benzene rings is 1. The minimum absolute atomic E-state index is 0.00896. The molecule has 0 spiro atoms. The summed E-state index contributed by atoms with van der Waals surface area (Å²) < 4.78 is 31.5. The molecule has 188 valence electrons. The molecule has 2 aliphatic heterocycles. The van der Waals surface area contributed by atoms with Gasteiger partial charge in [0.05, 0.1) is 21.8 Å². The first-order valence-corrected chi connectivity index (χ1v) is 12.0. The minimum atomic E-state index is -0.696. The van der Waals surface area contributed by atoms with Gasteiger partial charge in [-0.2, -0.15) is 9.07 Å². The van der Waals surface area contributed by atoms with Gasteiger partial charge in [0.1, 0.15) is 23.7 Å². The quantitative estimate of drug-likeness (QED) is 0.395. The molecule has 0 radical (unpaired) electrons. The molecule has 1 amide bonds. The van der Waals surface area contributed by atoms with Gasteiger partial charge < -0.3 is 15.6 Å². The van der Waals surface area contributed by atoms with Crippen LogP contribution in [0.15, 0.2) is 36.8 Å². The van der Waals surface area contributed by atoms with Crippen LogP contribution >= 0.6 is 23.2 Å². The number of halogens is 4. The van der Waals surface area contributed by atoms with Crippen LogP contribution in [0, 0.1) is 11.8 Å². The Morgan fingerprint density at radius 3 is 2.78 bits per heavy atom. The van der Waals surface area contributed by atoms with E-state index in [9.17, 15) is 9.18 Å². The lowest BCUT2D eigenvalue weighted by Gasteiger charge is -2.33. The van der Waals surface area contributed by atoms with E-state index >= 15 is 4.39 Å². The van der Waals surface area contributed by atoms with Crippen LogP contribution in [0.25, 0.3) is 22.5 Å². The summed E-state index contributed by atoms with van der Waals surface area (Å²) in [7, 11) is 0. The highest BCUT2D eigenvalue weighted by Gasteiger charge is 2.42. The first-order chi connectivity index (χ1) is 17.8. The molecule has 14 heteroatoms. The van der Waals surface area contributed by atoms with E-state index in [0.29, 0.717) is 36.1 Å². The van der Waals surface area contributed by atoms with Gasteiger partial charge in [-0.25, -0.2) is 14.4 Å². The van der Waals surface area contributed by atoms with Crippen molar-refractivity contribution in [1.29, 1.82) is 0 Å². The maximum atomic E-state index is 15.3. The van der Waals surface area contributed by atoms with Gasteiger partial charge in [0.2, 0.25) is 11.9 Å². The maximum Gasteiger partial charge on any atom is 0.247 e. The number of fused-ring (bicyclic) bond motifs is 1. The number of hydrogen-bond acceptors (Lipinski definition) is 7. The highest BCUT2D eigenvalue weighted by molar-refractivity contribution is 6.33. The molecule has 1 aromatic carbocycles. The number of nitrogens with two attached hydrogens (primary N) is 1. The molecule has 3 N–H and O–H groups in total. The van der Waals surface area contributed by atoms with Gasteiger partial charge in [-0.1, -0.05) is 23.2 Å². The monoisotopic (exact) mass is 543 g/mol. The molecular weight excluding hydrogens is 527 g/mol. The molecule has 3 aromatic heterocycles. The highest BCUT2D eigenvalue weighted by atomic mass is 35.5. The molecule has 6 rings (SSSR count). The van der Waals surface area contributed by atoms with Crippen LogP contribution in [0.2, 0.25) is 10.0 Å². The van der Waals surface area contributed by atoms with Gasteiger partial charge in [-0.15, -0.1) is 5.10 Å². The summed E-state index contributed by atoms with van der Waals surface area (Å²) in [6.07, 6.45) is 5.53. The first kappa shape index (κ1) is 23.5. The number of rotatable bonds is 4. The van der Waals surface area contributed by atoms with Gasteiger partial charge in [0.15, 0.2) is 5.82 Å². The molecule has 2 atom stereocenters. The molecule has 37 heavy (non-hydrogen) atoms. The Hall–Kier alpha value is -3.90. The van der Waals surface area contributed by atoms with Crippen molar-refractivity contribution in [3.05, 3.63) is 70.0 Å². The van der Waals surface area contributed by atoms with E-state index in [-0.39, 0.29) is 44.9 Å². The number of anilines is 1. The van der Waals surface area contributed by atoms with Crippen molar-refractivity contribution < 1.29 is 13.6 Å². The van der Waals surface area contributed by atoms with E-state index in [1.165, 1.54) is 35.4 Å². The van der Waals surface area contributed by atoms with Gasteiger partial charge >= 0.3 is 0 Å². The Bertz CT molecular complexity index is 1570. The zero-order chi connectivity index (χ0) is 25.8. The molecule has 2 aliphatic rings. The minimum Gasteiger partial charge on any atom is -0.384 e. The molecule has 1 saturated heterocycles. The lowest BCUT2D eigenvalue weighted by Crippen LogP contribution is -2.39. The van der Waals surface area contributed by atoms with Gasteiger partial charge in [-0.05, 0) is 53.5 Å². The van der Waals surface area contributed by atoms with E-state index in [0.717, 1.165) is 0 Å². The zero-order valence-corrected chi connectivity index (χ0v) is 20.4. The van der Waals surface area contributed by atoms with E-state index in [4.69, 9.17) is 28.9 Å². The lowest BCUT2D eigenvalue weighted by molar-refractivity contribution is -0.129. The first-order valence-electron chi connectivity index (χ1n) is 11.2. The standard InChI is InChI=1S/C23H17Cl2F2N9O/c24-13-2-4-15(35-9-30-33-34-35)19(20(13)26)10-5-11-1-3-16(36(11)18(37)6-10)23-31-21(22(27)32-23)12-7-17(28)29-8-14(12)25/h2,4,6-9,11,16H,1,3,5H2,(H2,28,29)(H,31,32)/t11?,16-/m0/s1. The molecule has 0 aliphatic carbocycles. The number of hydrogen-bond donors (Lipinski definition) is 2. The fourth-order valence-electron chi connectivity index (χ4n) is 5.05. The predicted molar refractivity (Wildman–Crippen MR) is 131 cm³/mol. The number of carbonyl (C=O) groups is 1. The number of aromatic nitrogens is 7. The number of aromatic amines is 1. The van der Waals surface area contributed by atoms with Crippen molar-refractivity contribution in [1.82, 2.24) is 40.1 Å². The van der Waals surface area contributed by atoms with Crippen LogP contribution in [0.1, 0.15) is 36.7 Å². The highest BCUT2D eigenvalue weighted by Crippen LogP contribution is 2.44. The van der Waals surface area contributed by atoms with E-state index < -0.39 is 17.8 Å². The number of pyridine rings is 1. The van der Waals surface area contributed by atoms with E-state index in [1.54, 1.807) is 11.0 Å². The van der Waals surface area contributed by atoms with E-state index in [2.05, 4.69) is 30.5 Å². The molecule has 1 fully saturated rings. The average Bonchev–Trinajstić information content (AvgIpc) is 3.62. The summed E-state index contributed by atoms with van der Waals surface area (Å²) >= 11 is 12.3. The number of nitrogen functional groups attached to an aromatic ring is 1. The fraction of sp³-hybridized carbons (Fsp3) is 0.217. The van der Waals surface area contributed by atoms with Crippen LogP contribution < -0.4 is 5.73 Å². The largest absolute Gasteiger partial charge is 0.384 e. The Kier molecular flexibility index (Phi) is 5.64. The number of imidazole rings is 1. The number of amides is 1. The van der Waals surface area contributed by atoms with Crippen LogP contribution in [-0.2, 0) is 4.79 Å². The number of nitrogens with zero attached hydrogens (tertiary/aromatic N) is 7. The van der Waals surface area contributed by atoms with Crippen molar-refractivity contribution in [2.75, 3.05) is 5.73 Å². The third-order valence-electron chi connectivity index (χ3n) is 6.63. The summed E-state index contributed by atoms with van der Waals surface area (Å²) in [5, 5.41) is 11.2. The third kappa shape index (κ3) is 3.92. The summed E-state index contributed by atoms with van der Waals surface area (Å²) in [4.78, 5) is 26.0. The Balaban J connectivity index is 1.36. The Morgan fingerprint density at radius 2 is 2.00 bits per heavy atom. The molecule has 4 aromatic rings. The van der Waals surface area contributed by atoms with Crippen LogP contribution in [0.5, 0.6) is 0 Å². The second-order valence-electron chi connectivity index (χ2n) is 8.75. The van der Waals surface area contributed by atoms with Crippen molar-refractivity contribution >= 4 is 40.5 Å². The van der Waals surface area contributed by atoms with Crippen molar-refractivity contribution in [3.8, 4) is 16.9 Å². The lowest BCUT2D eigenvalue weighted by atomic mass is 9.92. The van der Waals surface area contributed by atoms with Crippen molar-refractivity contribution in [3.63, 3.8) is 0 Å². The number of H-pyrrole nitrogens is 1. The summed E-state index contributed by atoms with van der Waals surface area (Å²) in [5.74, 6) is -1.25. The Morgan fingerprint density at radius 1 is 1.16 bits per heavy atom. The van der Waals surface area contributed by atoms with Gasteiger partial charge in [0, 0.05) is 29.4 Å². The van der Waals surface area contributed by atoms with Crippen LogP contribution in [0.4, 0.5) is 14.6 Å². The maximum absolute atomic E-state index is 15.3.